The Bertz CT molecular complexity index is 369. The minimum Gasteiger partial charge on any atom is -0.497 e. The Labute approximate surface area is 93.6 Å². The van der Waals surface area contributed by atoms with E-state index in [1.54, 1.807) is 0 Å². The van der Waals surface area contributed by atoms with Crippen LogP contribution in [0, 0.1) is 5.82 Å². The summed E-state index contributed by atoms with van der Waals surface area (Å²) in [6.07, 6.45) is 0.866. The molecule has 1 amide bonds. The van der Waals surface area contributed by atoms with Crippen LogP contribution in [0.25, 0.3) is 0 Å². The fourth-order valence-electron chi connectivity index (χ4n) is 1.20. The number of carbonyl (C=O) groups excluding carboxylic acids is 1. The van der Waals surface area contributed by atoms with Crippen molar-refractivity contribution in [3.63, 3.8) is 0 Å². The molecule has 0 bridgehead atoms. The molecule has 0 heterocycles. The van der Waals surface area contributed by atoms with Crippen molar-refractivity contribution in [1.29, 1.82) is 0 Å². The predicted octanol–water partition coefficient (Wildman–Crippen LogP) is 1.51. The maximum atomic E-state index is 13.3. The highest BCUT2D eigenvalue weighted by Crippen LogP contribution is 2.21. The lowest BCUT2D eigenvalue weighted by atomic mass is 10.2. The Morgan fingerprint density at radius 2 is 2.31 bits per heavy atom. The molecule has 4 nitrogen and oxygen atoms in total. The Morgan fingerprint density at radius 1 is 1.56 bits per heavy atom. The Morgan fingerprint density at radius 3 is 2.94 bits per heavy atom. The zero-order chi connectivity index (χ0) is 12.0. The van der Waals surface area contributed by atoms with Gasteiger partial charge in [-0.2, -0.15) is 0 Å². The summed E-state index contributed by atoms with van der Waals surface area (Å²) >= 11 is 0. The molecule has 0 spiro atoms. The van der Waals surface area contributed by atoms with Crippen molar-refractivity contribution in [3.8, 4) is 5.75 Å². The van der Waals surface area contributed by atoms with E-state index in [1.807, 2.05) is 0 Å². The molecule has 0 radical (unpaired) electrons. The van der Waals surface area contributed by atoms with Crippen molar-refractivity contribution in [2.45, 2.75) is 12.8 Å². The van der Waals surface area contributed by atoms with Gasteiger partial charge in [-0.25, -0.2) is 4.39 Å². The van der Waals surface area contributed by atoms with Crippen molar-refractivity contribution >= 4 is 11.6 Å². The van der Waals surface area contributed by atoms with Gasteiger partial charge in [0.05, 0.1) is 12.8 Å². The lowest BCUT2D eigenvalue weighted by molar-refractivity contribution is -0.116. The summed E-state index contributed by atoms with van der Waals surface area (Å²) in [5, 5.41) is 2.47. The van der Waals surface area contributed by atoms with Gasteiger partial charge in [0.25, 0.3) is 0 Å². The third-order valence-electron chi connectivity index (χ3n) is 2.06. The standard InChI is InChI=1S/C11H15FN2O2/c1-16-8-4-5-9(12)10(7-8)14-11(15)3-2-6-13/h4-5,7H,2-3,6,13H2,1H3,(H,14,15). The SMILES string of the molecule is COc1ccc(F)c(NC(=O)CCCN)c1. The van der Waals surface area contributed by atoms with Crippen LogP contribution in [0.5, 0.6) is 5.75 Å². The summed E-state index contributed by atoms with van der Waals surface area (Å²) in [5.74, 6) is -0.241. The number of hydrogen-bond donors (Lipinski definition) is 2. The topological polar surface area (TPSA) is 64.3 Å². The maximum absolute atomic E-state index is 13.3. The van der Waals surface area contributed by atoms with Crippen molar-refractivity contribution < 1.29 is 13.9 Å². The number of amides is 1. The summed E-state index contributed by atoms with van der Waals surface area (Å²) < 4.78 is 18.2. The van der Waals surface area contributed by atoms with E-state index < -0.39 is 5.82 Å². The Kier molecular flexibility index (Phi) is 4.72. The predicted molar refractivity (Wildman–Crippen MR) is 59.9 cm³/mol. The average Bonchev–Trinajstić information content (AvgIpc) is 2.29. The first-order valence-corrected chi connectivity index (χ1v) is 5.01. The highest BCUT2D eigenvalue weighted by atomic mass is 19.1. The molecule has 16 heavy (non-hydrogen) atoms. The second-order valence-corrected chi connectivity index (χ2v) is 3.29. The third kappa shape index (κ3) is 3.51. The molecule has 0 unspecified atom stereocenters. The summed E-state index contributed by atoms with van der Waals surface area (Å²) in [7, 11) is 1.48. The highest BCUT2D eigenvalue weighted by molar-refractivity contribution is 5.91. The van der Waals surface area contributed by atoms with Crippen LogP contribution in [-0.4, -0.2) is 19.6 Å². The number of halogens is 1. The number of carbonyl (C=O) groups is 1. The van der Waals surface area contributed by atoms with E-state index in [-0.39, 0.29) is 18.0 Å². The first-order valence-electron chi connectivity index (χ1n) is 5.01. The van der Waals surface area contributed by atoms with Crippen LogP contribution in [0.3, 0.4) is 0 Å². The van der Waals surface area contributed by atoms with Crippen LogP contribution in [0.4, 0.5) is 10.1 Å². The number of rotatable bonds is 5. The molecule has 3 N–H and O–H groups in total. The number of methoxy groups -OCH3 is 1. The van der Waals surface area contributed by atoms with Crippen LogP contribution in [0.1, 0.15) is 12.8 Å². The average molecular weight is 226 g/mol. The molecule has 1 rings (SSSR count). The van der Waals surface area contributed by atoms with Gasteiger partial charge in [0.2, 0.25) is 5.91 Å². The van der Waals surface area contributed by atoms with E-state index in [2.05, 4.69) is 5.32 Å². The van der Waals surface area contributed by atoms with Crippen molar-refractivity contribution in [1.82, 2.24) is 0 Å². The molecule has 88 valence electrons. The molecule has 0 atom stereocenters. The Balaban J connectivity index is 2.68. The number of benzene rings is 1. The maximum Gasteiger partial charge on any atom is 0.224 e. The molecule has 0 aliphatic heterocycles. The molecule has 0 saturated heterocycles. The van der Waals surface area contributed by atoms with Gasteiger partial charge in [0.1, 0.15) is 11.6 Å². The van der Waals surface area contributed by atoms with Crippen LogP contribution >= 0.6 is 0 Å². The molecule has 5 heteroatoms. The van der Waals surface area contributed by atoms with Gasteiger partial charge in [-0.05, 0) is 25.1 Å². The summed E-state index contributed by atoms with van der Waals surface area (Å²) in [6.45, 7) is 0.439. The first-order chi connectivity index (χ1) is 7.67. The van der Waals surface area contributed by atoms with Gasteiger partial charge < -0.3 is 15.8 Å². The van der Waals surface area contributed by atoms with Gasteiger partial charge in [-0.15, -0.1) is 0 Å². The van der Waals surface area contributed by atoms with Crippen LogP contribution in [0.2, 0.25) is 0 Å². The van der Waals surface area contributed by atoms with E-state index in [1.165, 1.54) is 25.3 Å². The normalized spacial score (nSPS) is 9.94. The smallest absolute Gasteiger partial charge is 0.224 e. The molecule has 0 aromatic heterocycles. The zero-order valence-electron chi connectivity index (χ0n) is 9.13. The number of nitrogens with two attached hydrogens (primary N) is 1. The zero-order valence-corrected chi connectivity index (χ0v) is 9.13. The fourth-order valence-corrected chi connectivity index (χ4v) is 1.20. The molecule has 0 fully saturated rings. The largest absolute Gasteiger partial charge is 0.497 e. The molecule has 0 aliphatic rings. The number of hydrogen-bond acceptors (Lipinski definition) is 3. The van der Waals surface area contributed by atoms with E-state index in [4.69, 9.17) is 10.5 Å². The fraction of sp³-hybridized carbons (Fsp3) is 0.364. The first kappa shape index (κ1) is 12.4. The Hall–Kier alpha value is -1.62. The van der Waals surface area contributed by atoms with Crippen LogP contribution in [0.15, 0.2) is 18.2 Å². The van der Waals surface area contributed by atoms with Gasteiger partial charge in [0, 0.05) is 12.5 Å². The lowest BCUT2D eigenvalue weighted by Gasteiger charge is -2.07. The van der Waals surface area contributed by atoms with E-state index in [9.17, 15) is 9.18 Å². The number of nitrogens with one attached hydrogen (secondary N) is 1. The minimum absolute atomic E-state index is 0.126. The van der Waals surface area contributed by atoms with E-state index in [0.717, 1.165) is 0 Å². The summed E-state index contributed by atoms with van der Waals surface area (Å²) in [6, 6.07) is 4.18. The quantitative estimate of drug-likeness (QED) is 0.799. The monoisotopic (exact) mass is 226 g/mol. The summed E-state index contributed by atoms with van der Waals surface area (Å²) in [5.41, 5.74) is 5.40. The van der Waals surface area contributed by atoms with Crippen molar-refractivity contribution in [2.75, 3.05) is 19.0 Å². The van der Waals surface area contributed by atoms with Gasteiger partial charge in [-0.3, -0.25) is 4.79 Å². The number of anilines is 1. The lowest BCUT2D eigenvalue weighted by Crippen LogP contribution is -2.14. The van der Waals surface area contributed by atoms with Gasteiger partial charge in [0.15, 0.2) is 0 Å². The van der Waals surface area contributed by atoms with Gasteiger partial charge in [-0.1, -0.05) is 0 Å². The van der Waals surface area contributed by atoms with Crippen LogP contribution in [-0.2, 0) is 4.79 Å². The minimum atomic E-state index is -0.484. The van der Waals surface area contributed by atoms with Crippen LogP contribution < -0.4 is 15.8 Å². The molecular weight excluding hydrogens is 211 g/mol. The van der Waals surface area contributed by atoms with E-state index in [0.29, 0.717) is 18.7 Å². The van der Waals surface area contributed by atoms with Crippen molar-refractivity contribution in [2.24, 2.45) is 5.73 Å². The third-order valence-corrected chi connectivity index (χ3v) is 2.06. The second kappa shape index (κ2) is 6.07. The molecule has 1 aromatic carbocycles. The van der Waals surface area contributed by atoms with Crippen molar-refractivity contribution in [3.05, 3.63) is 24.0 Å². The summed E-state index contributed by atoms with van der Waals surface area (Å²) in [4.78, 5) is 11.3. The number of ether oxygens (including phenoxy) is 1. The van der Waals surface area contributed by atoms with Gasteiger partial charge >= 0.3 is 0 Å². The second-order valence-electron chi connectivity index (χ2n) is 3.29. The van der Waals surface area contributed by atoms with E-state index >= 15 is 0 Å². The molecule has 0 aliphatic carbocycles. The molecule has 1 aromatic rings. The molecular formula is C11H15FN2O2. The highest BCUT2D eigenvalue weighted by Gasteiger charge is 2.07. The molecule has 0 saturated carbocycles.